The van der Waals surface area contributed by atoms with Crippen LogP contribution < -0.4 is 10.6 Å². The molecule has 0 aliphatic heterocycles. The SMILES string of the molecule is O=C(O)CCC(=O)NCCCOCCOCCOCCOCCOCCOCCOCCOCCOCCOCCOCCOCCOCCNC(=O)COCC(=O)O. The number of nitrogens with one attached hydrogen (secondary N) is 2. The van der Waals surface area contributed by atoms with E-state index in [9.17, 15) is 19.2 Å². The molecule has 0 aliphatic carbocycles. The Balaban J connectivity index is 3.12. The minimum atomic E-state index is -1.13. The van der Waals surface area contributed by atoms with Crippen molar-refractivity contribution in [3.05, 3.63) is 0 Å². The van der Waals surface area contributed by atoms with Gasteiger partial charge in [-0.05, 0) is 6.42 Å². The molecule has 0 atom stereocenters. The number of carbonyl (C=O) groups excluding carboxylic acids is 2. The highest BCUT2D eigenvalue weighted by Crippen LogP contribution is 1.91. The molecule has 348 valence electrons. The Morgan fingerprint density at radius 1 is 0.288 bits per heavy atom. The van der Waals surface area contributed by atoms with Crippen LogP contribution in [-0.4, -0.2) is 232 Å². The predicted octanol–water partition coefficient (Wildman–Crippen LogP) is -1.21. The Labute approximate surface area is 347 Å². The average molecular weight is 863 g/mol. The summed E-state index contributed by atoms with van der Waals surface area (Å²) >= 11 is 0. The first-order valence-corrected chi connectivity index (χ1v) is 20.0. The molecule has 0 radical (unpaired) electrons. The molecule has 0 aliphatic rings. The maximum Gasteiger partial charge on any atom is 0.329 e. The van der Waals surface area contributed by atoms with Crippen molar-refractivity contribution >= 4 is 23.8 Å². The van der Waals surface area contributed by atoms with Gasteiger partial charge in [0.15, 0.2) is 0 Å². The molecule has 0 spiro atoms. The Morgan fingerprint density at radius 3 is 0.881 bits per heavy atom. The maximum atomic E-state index is 11.4. The van der Waals surface area contributed by atoms with Gasteiger partial charge in [-0.15, -0.1) is 0 Å². The van der Waals surface area contributed by atoms with Gasteiger partial charge in [0.05, 0.1) is 172 Å². The van der Waals surface area contributed by atoms with Gasteiger partial charge < -0.3 is 87.2 Å². The van der Waals surface area contributed by atoms with Crippen LogP contribution >= 0.6 is 0 Å². The summed E-state index contributed by atoms with van der Waals surface area (Å²) in [5, 5.41) is 22.2. The van der Waals surface area contributed by atoms with Crippen LogP contribution in [-0.2, 0) is 85.5 Å². The van der Waals surface area contributed by atoms with Gasteiger partial charge in [0.25, 0.3) is 0 Å². The molecular weight excluding hydrogens is 792 g/mol. The van der Waals surface area contributed by atoms with Crippen molar-refractivity contribution in [3.63, 3.8) is 0 Å². The highest BCUT2D eigenvalue weighted by atomic mass is 16.6. The third kappa shape index (κ3) is 51.4. The van der Waals surface area contributed by atoms with Gasteiger partial charge >= 0.3 is 11.9 Å². The van der Waals surface area contributed by atoms with E-state index >= 15 is 0 Å². The normalized spacial score (nSPS) is 11.3. The molecule has 0 fully saturated rings. The fourth-order valence-electron chi connectivity index (χ4n) is 4.00. The minimum absolute atomic E-state index is 0.0184. The van der Waals surface area contributed by atoms with Crippen molar-refractivity contribution in [1.82, 2.24) is 10.6 Å². The zero-order valence-corrected chi connectivity index (χ0v) is 34.6. The summed E-state index contributed by atoms with van der Waals surface area (Å²) < 4.78 is 75.4. The lowest BCUT2D eigenvalue weighted by Crippen LogP contribution is -2.31. The lowest BCUT2D eigenvalue weighted by atomic mass is 10.3. The topological polar surface area (TPSA) is 262 Å². The molecule has 22 heteroatoms. The molecule has 0 unspecified atom stereocenters. The number of amides is 2. The maximum absolute atomic E-state index is 11.4. The monoisotopic (exact) mass is 862 g/mol. The smallest absolute Gasteiger partial charge is 0.329 e. The molecule has 0 saturated heterocycles. The van der Waals surface area contributed by atoms with E-state index in [1.54, 1.807) is 0 Å². The largest absolute Gasteiger partial charge is 0.481 e. The molecule has 0 bridgehead atoms. The second-order valence-electron chi connectivity index (χ2n) is 11.8. The number of carboxylic acid groups (broad SMARTS) is 2. The van der Waals surface area contributed by atoms with E-state index in [2.05, 4.69) is 15.4 Å². The van der Waals surface area contributed by atoms with Crippen LogP contribution in [0.1, 0.15) is 19.3 Å². The lowest BCUT2D eigenvalue weighted by Gasteiger charge is -2.09. The molecule has 59 heavy (non-hydrogen) atoms. The zero-order valence-electron chi connectivity index (χ0n) is 34.6. The Kier molecular flexibility index (Phi) is 45.8. The van der Waals surface area contributed by atoms with Gasteiger partial charge in [-0.25, -0.2) is 4.79 Å². The summed E-state index contributed by atoms with van der Waals surface area (Å²) in [6.07, 6.45) is 0.451. The molecule has 22 nitrogen and oxygen atoms in total. The molecule has 4 N–H and O–H groups in total. The standard InChI is InChI=1S/C37H70N2O20/c40-34(2-3-36(42)43)38-4-1-6-46-8-10-48-12-14-50-16-18-52-20-22-54-24-26-56-28-30-58-31-29-57-27-25-55-23-21-53-19-17-51-15-13-49-11-9-47-7-5-39-35(41)32-59-33-37(44)45/h1-33H2,(H,38,40)(H,39,41)(H,42,43)(H,44,45). The second kappa shape index (κ2) is 48.0. The van der Waals surface area contributed by atoms with E-state index in [1.165, 1.54) is 0 Å². The number of carboxylic acids is 2. The number of carbonyl (C=O) groups is 4. The third-order valence-corrected chi connectivity index (χ3v) is 6.84. The second-order valence-corrected chi connectivity index (χ2v) is 11.8. The van der Waals surface area contributed by atoms with Crippen LogP contribution in [0.2, 0.25) is 0 Å². The van der Waals surface area contributed by atoms with Crippen LogP contribution in [0, 0.1) is 0 Å². The van der Waals surface area contributed by atoms with Gasteiger partial charge in [-0.1, -0.05) is 0 Å². The highest BCUT2D eigenvalue weighted by molar-refractivity contribution is 5.80. The summed E-state index contributed by atoms with van der Waals surface area (Å²) in [5.41, 5.74) is 0. The van der Waals surface area contributed by atoms with Crippen molar-refractivity contribution in [1.29, 1.82) is 0 Å². The van der Waals surface area contributed by atoms with Gasteiger partial charge in [0.2, 0.25) is 11.8 Å². The fraction of sp³-hybridized carbons (Fsp3) is 0.892. The number of rotatable bonds is 50. The summed E-state index contributed by atoms with van der Waals surface area (Å²) in [6, 6.07) is 0. The van der Waals surface area contributed by atoms with Crippen molar-refractivity contribution in [2.45, 2.75) is 19.3 Å². The minimum Gasteiger partial charge on any atom is -0.481 e. The highest BCUT2D eigenvalue weighted by Gasteiger charge is 2.05. The molecule has 2 amide bonds. The van der Waals surface area contributed by atoms with Crippen LogP contribution in [0.3, 0.4) is 0 Å². The number of aliphatic carboxylic acids is 2. The average Bonchev–Trinajstić information content (AvgIpc) is 3.21. The zero-order chi connectivity index (χ0) is 43.0. The van der Waals surface area contributed by atoms with Crippen molar-refractivity contribution in [3.8, 4) is 0 Å². The van der Waals surface area contributed by atoms with Crippen molar-refractivity contribution in [2.75, 3.05) is 198 Å². The van der Waals surface area contributed by atoms with Crippen molar-refractivity contribution in [2.24, 2.45) is 0 Å². The van der Waals surface area contributed by atoms with E-state index in [4.69, 9.17) is 71.8 Å². The van der Waals surface area contributed by atoms with Gasteiger partial charge in [-0.2, -0.15) is 0 Å². The van der Waals surface area contributed by atoms with E-state index in [0.29, 0.717) is 191 Å². The summed E-state index contributed by atoms with van der Waals surface area (Å²) in [7, 11) is 0. The Bertz CT molecular complexity index is 954. The predicted molar refractivity (Wildman–Crippen MR) is 207 cm³/mol. The first-order chi connectivity index (χ1) is 28.9. The first kappa shape index (κ1) is 56.3. The molecule has 0 aromatic rings. The first-order valence-electron chi connectivity index (χ1n) is 20.0. The molecule has 0 rings (SSSR count). The van der Waals surface area contributed by atoms with Crippen LogP contribution in [0.15, 0.2) is 0 Å². The summed E-state index contributed by atoms with van der Waals surface area (Å²) in [6.45, 7) is 11.5. The number of hydrogen-bond donors (Lipinski definition) is 4. The number of ether oxygens (including phenoxy) is 14. The molecule has 0 heterocycles. The third-order valence-electron chi connectivity index (χ3n) is 6.84. The molecule has 0 aromatic heterocycles. The summed E-state index contributed by atoms with van der Waals surface area (Å²) in [5.74, 6) is -2.80. The van der Waals surface area contributed by atoms with Crippen LogP contribution in [0.25, 0.3) is 0 Å². The fourth-order valence-corrected chi connectivity index (χ4v) is 4.00. The van der Waals surface area contributed by atoms with E-state index in [0.717, 1.165) is 0 Å². The van der Waals surface area contributed by atoms with E-state index in [1.807, 2.05) is 0 Å². The Morgan fingerprint density at radius 2 is 0.576 bits per heavy atom. The van der Waals surface area contributed by atoms with E-state index < -0.39 is 24.5 Å². The molecule has 0 aromatic carbocycles. The van der Waals surface area contributed by atoms with Crippen LogP contribution in [0.5, 0.6) is 0 Å². The molecule has 0 saturated carbocycles. The van der Waals surface area contributed by atoms with Gasteiger partial charge in [0, 0.05) is 26.1 Å². The lowest BCUT2D eigenvalue weighted by molar-refractivity contribution is -0.143. The molecular formula is C37H70N2O20. The van der Waals surface area contributed by atoms with Gasteiger partial charge in [-0.3, -0.25) is 14.4 Å². The Hall–Kier alpha value is -2.68. The summed E-state index contributed by atoms with van der Waals surface area (Å²) in [4.78, 5) is 43.5. The van der Waals surface area contributed by atoms with Gasteiger partial charge in [0.1, 0.15) is 13.2 Å². The quantitative estimate of drug-likeness (QED) is 0.0523. The van der Waals surface area contributed by atoms with E-state index in [-0.39, 0.29) is 25.4 Å². The number of hydrogen-bond acceptors (Lipinski definition) is 18. The van der Waals surface area contributed by atoms with Crippen molar-refractivity contribution < 1.29 is 95.7 Å². The van der Waals surface area contributed by atoms with Crippen LogP contribution in [0.4, 0.5) is 0 Å².